The van der Waals surface area contributed by atoms with Crippen LogP contribution in [0.2, 0.25) is 0 Å². The van der Waals surface area contributed by atoms with Gasteiger partial charge >= 0.3 is 5.97 Å². The third kappa shape index (κ3) is 3.06. The van der Waals surface area contributed by atoms with Crippen molar-refractivity contribution in [2.75, 3.05) is 7.11 Å². The predicted molar refractivity (Wildman–Crippen MR) is 106 cm³/mol. The molecule has 0 bridgehead atoms. The second kappa shape index (κ2) is 6.85. The van der Waals surface area contributed by atoms with Gasteiger partial charge in [0.15, 0.2) is 5.65 Å². The number of aromatic amines is 1. The molecular weight excluding hydrogens is 410 g/mol. The summed E-state index contributed by atoms with van der Waals surface area (Å²) in [6.07, 6.45) is 0. The van der Waals surface area contributed by atoms with Gasteiger partial charge in [-0.1, -0.05) is 46.3 Å². The zero-order valence-corrected chi connectivity index (χ0v) is 15.8. The third-order valence-corrected chi connectivity index (χ3v) is 4.75. The molecule has 0 aliphatic heterocycles. The number of ether oxygens (including phenoxy) is 1. The van der Waals surface area contributed by atoms with Crippen molar-refractivity contribution in [1.82, 2.24) is 15.2 Å². The topological polar surface area (TPSA) is 88.1 Å². The Morgan fingerprint density at radius 1 is 1.15 bits per heavy atom. The molecule has 0 unspecified atom stereocenters. The molecule has 134 valence electrons. The van der Waals surface area contributed by atoms with Gasteiger partial charge in [-0.25, -0.2) is 9.78 Å². The fourth-order valence-corrected chi connectivity index (χ4v) is 3.39. The first kappa shape index (κ1) is 17.2. The standard InChI is InChI=1S/C20H14BrN3O3/c1-27-16-8-7-12(21)9-13(16)15-10-14(20(25)26)17-18(23-24-19(17)22-15)11-5-3-2-4-6-11/h2-10H,1H3,(H,25,26)(H,22,23,24). The zero-order chi connectivity index (χ0) is 19.0. The van der Waals surface area contributed by atoms with E-state index in [1.807, 2.05) is 42.5 Å². The Morgan fingerprint density at radius 2 is 1.93 bits per heavy atom. The SMILES string of the molecule is COc1ccc(Br)cc1-c1cc(C(=O)O)c2c(-c3ccccc3)[nH]nc2n1. The quantitative estimate of drug-likeness (QED) is 0.493. The number of halogens is 1. The number of pyridine rings is 1. The first-order chi connectivity index (χ1) is 13.1. The Labute approximate surface area is 163 Å². The van der Waals surface area contributed by atoms with Crippen LogP contribution in [-0.4, -0.2) is 33.4 Å². The van der Waals surface area contributed by atoms with E-state index in [0.717, 1.165) is 10.0 Å². The van der Waals surface area contributed by atoms with Gasteiger partial charge in [0, 0.05) is 15.6 Å². The normalized spacial score (nSPS) is 10.9. The van der Waals surface area contributed by atoms with Crippen molar-refractivity contribution in [3.05, 3.63) is 64.6 Å². The molecule has 0 aliphatic rings. The van der Waals surface area contributed by atoms with Crippen LogP contribution in [0.5, 0.6) is 5.75 Å². The first-order valence-corrected chi connectivity index (χ1v) is 8.89. The lowest BCUT2D eigenvalue weighted by Crippen LogP contribution is -2.01. The second-order valence-corrected chi connectivity index (χ2v) is 6.78. The van der Waals surface area contributed by atoms with Crippen molar-refractivity contribution >= 4 is 32.9 Å². The Morgan fingerprint density at radius 3 is 2.63 bits per heavy atom. The van der Waals surface area contributed by atoms with Crippen molar-refractivity contribution in [3.8, 4) is 28.3 Å². The molecular formula is C20H14BrN3O3. The van der Waals surface area contributed by atoms with Crippen LogP contribution in [-0.2, 0) is 0 Å². The molecule has 0 saturated carbocycles. The second-order valence-electron chi connectivity index (χ2n) is 5.87. The monoisotopic (exact) mass is 423 g/mol. The first-order valence-electron chi connectivity index (χ1n) is 8.10. The van der Waals surface area contributed by atoms with Gasteiger partial charge in [-0.15, -0.1) is 0 Å². The van der Waals surface area contributed by atoms with Crippen LogP contribution in [0.15, 0.2) is 59.1 Å². The molecule has 2 aromatic heterocycles. The fraction of sp³-hybridized carbons (Fsp3) is 0.0500. The number of carbonyl (C=O) groups is 1. The molecule has 0 atom stereocenters. The highest BCUT2D eigenvalue weighted by atomic mass is 79.9. The van der Waals surface area contributed by atoms with Crippen molar-refractivity contribution in [2.45, 2.75) is 0 Å². The molecule has 6 nitrogen and oxygen atoms in total. The molecule has 4 aromatic rings. The lowest BCUT2D eigenvalue weighted by atomic mass is 10.0. The van der Waals surface area contributed by atoms with E-state index < -0.39 is 5.97 Å². The molecule has 0 saturated heterocycles. The zero-order valence-electron chi connectivity index (χ0n) is 14.2. The minimum atomic E-state index is -1.05. The fourth-order valence-electron chi connectivity index (χ4n) is 3.02. The van der Waals surface area contributed by atoms with Gasteiger partial charge in [0.1, 0.15) is 5.75 Å². The van der Waals surface area contributed by atoms with Crippen molar-refractivity contribution < 1.29 is 14.6 Å². The van der Waals surface area contributed by atoms with Crippen LogP contribution in [0, 0.1) is 0 Å². The van der Waals surface area contributed by atoms with E-state index in [4.69, 9.17) is 4.74 Å². The van der Waals surface area contributed by atoms with Gasteiger partial charge in [0.25, 0.3) is 0 Å². The van der Waals surface area contributed by atoms with Crippen LogP contribution >= 0.6 is 15.9 Å². The minimum absolute atomic E-state index is 0.129. The summed E-state index contributed by atoms with van der Waals surface area (Å²) >= 11 is 3.43. The summed E-state index contributed by atoms with van der Waals surface area (Å²) in [5.41, 5.74) is 3.10. The number of methoxy groups -OCH3 is 1. The van der Waals surface area contributed by atoms with E-state index in [1.54, 1.807) is 19.2 Å². The van der Waals surface area contributed by atoms with Gasteiger partial charge in [0.05, 0.1) is 29.4 Å². The van der Waals surface area contributed by atoms with E-state index in [-0.39, 0.29) is 5.56 Å². The van der Waals surface area contributed by atoms with Crippen LogP contribution in [0.3, 0.4) is 0 Å². The van der Waals surface area contributed by atoms with Crippen LogP contribution in [0.25, 0.3) is 33.5 Å². The van der Waals surface area contributed by atoms with Gasteiger partial charge in [0.2, 0.25) is 0 Å². The number of carboxylic acid groups (broad SMARTS) is 1. The molecule has 7 heteroatoms. The maximum Gasteiger partial charge on any atom is 0.336 e. The average molecular weight is 424 g/mol. The number of aromatic nitrogens is 3. The van der Waals surface area contributed by atoms with E-state index >= 15 is 0 Å². The summed E-state index contributed by atoms with van der Waals surface area (Å²) in [7, 11) is 1.56. The largest absolute Gasteiger partial charge is 0.496 e. The van der Waals surface area contributed by atoms with Crippen LogP contribution in [0.1, 0.15) is 10.4 Å². The number of fused-ring (bicyclic) bond motifs is 1. The van der Waals surface area contributed by atoms with E-state index in [9.17, 15) is 9.90 Å². The molecule has 2 heterocycles. The van der Waals surface area contributed by atoms with E-state index in [2.05, 4.69) is 31.1 Å². The van der Waals surface area contributed by atoms with E-state index in [0.29, 0.717) is 33.7 Å². The number of nitrogens with one attached hydrogen (secondary N) is 1. The molecule has 4 rings (SSSR count). The third-order valence-electron chi connectivity index (χ3n) is 4.25. The summed E-state index contributed by atoms with van der Waals surface area (Å²) in [6.45, 7) is 0. The maximum absolute atomic E-state index is 12.0. The molecule has 0 spiro atoms. The molecule has 0 radical (unpaired) electrons. The molecule has 0 amide bonds. The summed E-state index contributed by atoms with van der Waals surface area (Å²) in [5, 5.41) is 17.5. The number of nitrogens with zero attached hydrogens (tertiary/aromatic N) is 2. The maximum atomic E-state index is 12.0. The summed E-state index contributed by atoms with van der Waals surface area (Å²) in [6, 6.07) is 16.5. The van der Waals surface area contributed by atoms with Gasteiger partial charge in [-0.3, -0.25) is 5.10 Å². The van der Waals surface area contributed by atoms with Gasteiger partial charge in [-0.05, 0) is 24.3 Å². The number of H-pyrrole nitrogens is 1. The van der Waals surface area contributed by atoms with Crippen molar-refractivity contribution in [1.29, 1.82) is 0 Å². The Kier molecular flexibility index (Phi) is 4.37. The molecule has 0 aliphatic carbocycles. The molecule has 27 heavy (non-hydrogen) atoms. The van der Waals surface area contributed by atoms with Gasteiger partial charge < -0.3 is 9.84 Å². The molecule has 2 aromatic carbocycles. The summed E-state index contributed by atoms with van der Waals surface area (Å²) in [5.74, 6) is -0.448. The lowest BCUT2D eigenvalue weighted by molar-refractivity contribution is 0.0699. The van der Waals surface area contributed by atoms with Crippen molar-refractivity contribution in [3.63, 3.8) is 0 Å². The number of hydrogen-bond donors (Lipinski definition) is 2. The number of benzene rings is 2. The smallest absolute Gasteiger partial charge is 0.336 e. The molecule has 2 N–H and O–H groups in total. The molecule has 0 fully saturated rings. The highest BCUT2D eigenvalue weighted by Gasteiger charge is 2.21. The Hall–Kier alpha value is -3.19. The average Bonchev–Trinajstić information content (AvgIpc) is 3.11. The number of rotatable bonds is 4. The highest BCUT2D eigenvalue weighted by Crippen LogP contribution is 2.35. The van der Waals surface area contributed by atoms with E-state index in [1.165, 1.54) is 0 Å². The minimum Gasteiger partial charge on any atom is -0.496 e. The lowest BCUT2D eigenvalue weighted by Gasteiger charge is -2.10. The number of aromatic carboxylic acids is 1. The van der Waals surface area contributed by atoms with Crippen LogP contribution in [0.4, 0.5) is 0 Å². The predicted octanol–water partition coefficient (Wildman–Crippen LogP) is 4.76. The number of carboxylic acids is 1. The summed E-state index contributed by atoms with van der Waals surface area (Å²) < 4.78 is 6.24. The van der Waals surface area contributed by atoms with Crippen molar-refractivity contribution in [2.24, 2.45) is 0 Å². The Balaban J connectivity index is 2.00. The van der Waals surface area contributed by atoms with Crippen LogP contribution < -0.4 is 4.74 Å². The summed E-state index contributed by atoms with van der Waals surface area (Å²) in [4.78, 5) is 16.6. The highest BCUT2D eigenvalue weighted by molar-refractivity contribution is 9.10. The number of hydrogen-bond acceptors (Lipinski definition) is 4. The Bertz CT molecular complexity index is 1160. The van der Waals surface area contributed by atoms with Gasteiger partial charge in [-0.2, -0.15) is 5.10 Å².